The van der Waals surface area contributed by atoms with Gasteiger partial charge in [-0.15, -0.1) is 11.3 Å². The van der Waals surface area contributed by atoms with Gasteiger partial charge in [-0.2, -0.15) is 0 Å². The van der Waals surface area contributed by atoms with Gasteiger partial charge in [0.05, 0.1) is 19.6 Å². The van der Waals surface area contributed by atoms with E-state index < -0.39 is 0 Å². The number of carbonyl (C=O) groups excluding carboxylic acids is 2. The molecule has 1 unspecified atom stereocenters. The normalized spacial score (nSPS) is 16.9. The van der Waals surface area contributed by atoms with E-state index in [0.717, 1.165) is 35.7 Å². The monoisotopic (exact) mass is 430 g/mol. The van der Waals surface area contributed by atoms with E-state index >= 15 is 0 Å². The van der Waals surface area contributed by atoms with Gasteiger partial charge in [0.1, 0.15) is 10.8 Å². The third-order valence-corrected chi connectivity index (χ3v) is 6.76. The Hall–Kier alpha value is -2.38. The fourth-order valence-electron chi connectivity index (χ4n) is 3.76. The summed E-state index contributed by atoms with van der Waals surface area (Å²) in [4.78, 5) is 28.4. The van der Waals surface area contributed by atoms with Crippen molar-refractivity contribution in [1.29, 1.82) is 0 Å². The SMILES string of the molecule is CCOC(=O)C1CCCN(Cc2c(NC(=O)c3ccc(OC)cc3)sc(C)c2C)C1. The van der Waals surface area contributed by atoms with Crippen LogP contribution in [0.5, 0.6) is 5.75 Å². The van der Waals surface area contributed by atoms with Crippen molar-refractivity contribution in [3.05, 3.63) is 45.8 Å². The van der Waals surface area contributed by atoms with Crippen LogP contribution in [-0.2, 0) is 16.1 Å². The van der Waals surface area contributed by atoms with Gasteiger partial charge in [0.25, 0.3) is 5.91 Å². The molecule has 1 N–H and O–H groups in total. The summed E-state index contributed by atoms with van der Waals surface area (Å²) in [6, 6.07) is 7.08. The molecule has 1 saturated heterocycles. The lowest BCUT2D eigenvalue weighted by Gasteiger charge is -2.31. The predicted octanol–water partition coefficient (Wildman–Crippen LogP) is 4.40. The molecule has 3 rings (SSSR count). The van der Waals surface area contributed by atoms with Crippen LogP contribution in [0.3, 0.4) is 0 Å². The smallest absolute Gasteiger partial charge is 0.310 e. The minimum Gasteiger partial charge on any atom is -0.497 e. The van der Waals surface area contributed by atoms with Crippen LogP contribution in [0.25, 0.3) is 0 Å². The molecular weight excluding hydrogens is 400 g/mol. The van der Waals surface area contributed by atoms with E-state index in [4.69, 9.17) is 9.47 Å². The van der Waals surface area contributed by atoms with E-state index in [0.29, 0.717) is 25.3 Å². The zero-order valence-electron chi connectivity index (χ0n) is 18.1. The van der Waals surface area contributed by atoms with Gasteiger partial charge in [-0.3, -0.25) is 14.5 Å². The molecule has 0 bridgehead atoms. The van der Waals surface area contributed by atoms with Gasteiger partial charge in [-0.1, -0.05) is 0 Å². The number of methoxy groups -OCH3 is 1. The quantitative estimate of drug-likeness (QED) is 0.660. The van der Waals surface area contributed by atoms with E-state index in [-0.39, 0.29) is 17.8 Å². The summed E-state index contributed by atoms with van der Waals surface area (Å²) in [7, 11) is 1.60. The van der Waals surface area contributed by atoms with Crippen molar-refractivity contribution < 1.29 is 19.1 Å². The van der Waals surface area contributed by atoms with Gasteiger partial charge in [0.15, 0.2) is 0 Å². The molecule has 0 spiro atoms. The first-order chi connectivity index (χ1) is 14.4. The molecule has 2 heterocycles. The maximum Gasteiger partial charge on any atom is 0.310 e. The Morgan fingerprint density at radius 3 is 2.63 bits per heavy atom. The Bertz CT molecular complexity index is 891. The average Bonchev–Trinajstić information content (AvgIpc) is 3.01. The maximum absolute atomic E-state index is 12.8. The number of carbonyl (C=O) groups is 2. The Kier molecular flexibility index (Phi) is 7.50. The van der Waals surface area contributed by atoms with Crippen LogP contribution < -0.4 is 10.1 Å². The van der Waals surface area contributed by atoms with Crippen LogP contribution in [0.4, 0.5) is 5.00 Å². The Morgan fingerprint density at radius 1 is 1.23 bits per heavy atom. The van der Waals surface area contributed by atoms with Crippen molar-refractivity contribution in [3.8, 4) is 5.75 Å². The number of thiophene rings is 1. The van der Waals surface area contributed by atoms with Crippen LogP contribution in [0.2, 0.25) is 0 Å². The van der Waals surface area contributed by atoms with Crippen molar-refractivity contribution in [2.75, 3.05) is 32.1 Å². The summed E-state index contributed by atoms with van der Waals surface area (Å²) in [5.41, 5.74) is 2.91. The first-order valence-corrected chi connectivity index (χ1v) is 11.2. The Morgan fingerprint density at radius 2 is 1.97 bits per heavy atom. The highest BCUT2D eigenvalue weighted by Gasteiger charge is 2.28. The lowest BCUT2D eigenvalue weighted by molar-refractivity contribution is -0.150. The highest BCUT2D eigenvalue weighted by molar-refractivity contribution is 7.16. The highest BCUT2D eigenvalue weighted by atomic mass is 32.1. The van der Waals surface area contributed by atoms with Crippen LogP contribution in [-0.4, -0.2) is 43.6 Å². The van der Waals surface area contributed by atoms with E-state index in [1.165, 1.54) is 10.4 Å². The topological polar surface area (TPSA) is 67.9 Å². The standard InChI is InChI=1S/C23H30N2O4S/c1-5-29-23(27)18-7-6-12-25(13-18)14-20-15(2)16(3)30-22(20)24-21(26)17-8-10-19(28-4)11-9-17/h8-11,18H,5-7,12-14H2,1-4H3,(H,24,26). The molecule has 1 aliphatic heterocycles. The first kappa shape index (κ1) is 22.3. The molecule has 1 atom stereocenters. The van der Waals surface area contributed by atoms with Gasteiger partial charge in [-0.25, -0.2) is 0 Å². The van der Waals surface area contributed by atoms with Gasteiger partial charge in [0.2, 0.25) is 0 Å². The van der Waals surface area contributed by atoms with E-state index in [2.05, 4.69) is 24.1 Å². The second-order valence-corrected chi connectivity index (χ2v) is 8.82. The Balaban J connectivity index is 1.72. The number of hydrogen-bond donors (Lipinski definition) is 1. The van der Waals surface area contributed by atoms with Crippen LogP contribution in [0, 0.1) is 19.8 Å². The number of esters is 1. The van der Waals surface area contributed by atoms with Crippen molar-refractivity contribution >= 4 is 28.2 Å². The molecule has 1 aromatic heterocycles. The zero-order chi connectivity index (χ0) is 21.7. The van der Waals surface area contributed by atoms with Gasteiger partial charge in [-0.05, 0) is 70.0 Å². The summed E-state index contributed by atoms with van der Waals surface area (Å²) >= 11 is 1.60. The number of likely N-dealkylation sites (tertiary alicyclic amines) is 1. The average molecular weight is 431 g/mol. The molecule has 1 fully saturated rings. The second kappa shape index (κ2) is 10.1. The zero-order valence-corrected chi connectivity index (χ0v) is 18.9. The Labute approximate surface area is 182 Å². The third kappa shape index (κ3) is 5.21. The largest absolute Gasteiger partial charge is 0.497 e. The number of benzene rings is 1. The van der Waals surface area contributed by atoms with Gasteiger partial charge >= 0.3 is 5.97 Å². The number of nitrogens with one attached hydrogen (secondary N) is 1. The van der Waals surface area contributed by atoms with Crippen LogP contribution in [0.15, 0.2) is 24.3 Å². The number of piperidine rings is 1. The molecule has 6 nitrogen and oxygen atoms in total. The van der Waals surface area contributed by atoms with Crippen LogP contribution in [0.1, 0.15) is 46.1 Å². The molecule has 1 aliphatic rings. The summed E-state index contributed by atoms with van der Waals surface area (Å²) in [5.74, 6) is 0.407. The molecule has 30 heavy (non-hydrogen) atoms. The fraction of sp³-hybridized carbons (Fsp3) is 0.478. The molecule has 1 amide bonds. The minimum absolute atomic E-state index is 0.0731. The molecule has 0 radical (unpaired) electrons. The minimum atomic E-state index is -0.136. The van der Waals surface area contributed by atoms with Crippen molar-refractivity contribution in [1.82, 2.24) is 4.90 Å². The molecule has 0 aliphatic carbocycles. The van der Waals surface area contributed by atoms with E-state index in [9.17, 15) is 9.59 Å². The summed E-state index contributed by atoms with van der Waals surface area (Å²) < 4.78 is 10.4. The van der Waals surface area contributed by atoms with E-state index in [1.54, 1.807) is 42.7 Å². The summed E-state index contributed by atoms with van der Waals surface area (Å²) in [6.45, 7) is 8.77. The van der Waals surface area contributed by atoms with Crippen molar-refractivity contribution in [3.63, 3.8) is 0 Å². The number of ether oxygens (including phenoxy) is 2. The number of anilines is 1. The number of aryl methyl sites for hydroxylation is 1. The van der Waals surface area contributed by atoms with Crippen molar-refractivity contribution in [2.45, 2.75) is 40.2 Å². The second-order valence-electron chi connectivity index (χ2n) is 7.60. The molecule has 0 saturated carbocycles. The molecular formula is C23H30N2O4S. The number of hydrogen-bond acceptors (Lipinski definition) is 6. The number of nitrogens with zero attached hydrogens (tertiary/aromatic N) is 1. The van der Waals surface area contributed by atoms with Gasteiger partial charge < -0.3 is 14.8 Å². The number of rotatable bonds is 7. The lowest BCUT2D eigenvalue weighted by atomic mass is 9.97. The van der Waals surface area contributed by atoms with E-state index in [1.807, 2.05) is 6.92 Å². The third-order valence-electron chi connectivity index (χ3n) is 5.60. The summed E-state index contributed by atoms with van der Waals surface area (Å²) in [6.07, 6.45) is 1.84. The molecule has 1 aromatic carbocycles. The maximum atomic E-state index is 12.8. The number of amides is 1. The fourth-order valence-corrected chi connectivity index (χ4v) is 4.83. The van der Waals surface area contributed by atoms with Crippen molar-refractivity contribution in [2.24, 2.45) is 5.92 Å². The predicted molar refractivity (Wildman–Crippen MR) is 119 cm³/mol. The lowest BCUT2D eigenvalue weighted by Crippen LogP contribution is -2.39. The molecule has 162 valence electrons. The molecule has 2 aromatic rings. The highest BCUT2D eigenvalue weighted by Crippen LogP contribution is 2.34. The van der Waals surface area contributed by atoms with Gasteiger partial charge in [0, 0.05) is 29.1 Å². The summed E-state index contributed by atoms with van der Waals surface area (Å²) in [5, 5.41) is 3.97. The first-order valence-electron chi connectivity index (χ1n) is 10.4. The van der Waals surface area contributed by atoms with Crippen LogP contribution >= 0.6 is 11.3 Å². The molecule has 7 heteroatoms.